The van der Waals surface area contributed by atoms with Gasteiger partial charge in [-0.15, -0.1) is 0 Å². The highest BCUT2D eigenvalue weighted by molar-refractivity contribution is 5.96. The Kier molecular flexibility index (Phi) is 3.83. The number of rotatable bonds is 4. The molecule has 0 radical (unpaired) electrons. The zero-order valence-electron chi connectivity index (χ0n) is 12.4. The first-order valence-electron chi connectivity index (χ1n) is 7.52. The van der Waals surface area contributed by atoms with Crippen LogP contribution in [-0.2, 0) is 14.3 Å². The Hall–Kier alpha value is -2.37. The number of cyclic esters (lactones) is 1. The Morgan fingerprint density at radius 1 is 1.36 bits per heavy atom. The average Bonchev–Trinajstić information content (AvgIpc) is 3.06. The lowest BCUT2D eigenvalue weighted by Gasteiger charge is -2.29. The van der Waals surface area contributed by atoms with Crippen molar-refractivity contribution in [3.8, 4) is 0 Å². The number of benzene rings is 1. The summed E-state index contributed by atoms with van der Waals surface area (Å²) in [7, 11) is 0. The number of carbonyl (C=O) groups is 3. The third-order valence-corrected chi connectivity index (χ3v) is 4.03. The average molecular weight is 302 g/mol. The van der Waals surface area contributed by atoms with Gasteiger partial charge in [-0.3, -0.25) is 14.5 Å². The standard InChI is InChI=1S/C16H18N2O4/c1-2-9-17-14(20)12-7-8-13(19)18(12)15-10-5-3-4-6-11(10)16(21)22-15/h3-6,12,15H,2,7-9H2,1H3,(H,17,20)/t12-,15+/m0/s1. The Morgan fingerprint density at radius 2 is 2.14 bits per heavy atom. The second-order valence-corrected chi connectivity index (χ2v) is 5.49. The van der Waals surface area contributed by atoms with Gasteiger partial charge in [-0.05, 0) is 18.9 Å². The normalized spacial score (nSPS) is 23.4. The summed E-state index contributed by atoms with van der Waals surface area (Å²) in [6, 6.07) is 6.39. The summed E-state index contributed by atoms with van der Waals surface area (Å²) in [5.74, 6) is -0.799. The molecule has 22 heavy (non-hydrogen) atoms. The molecule has 0 aromatic heterocycles. The van der Waals surface area contributed by atoms with Crippen LogP contribution in [0.15, 0.2) is 24.3 Å². The minimum Gasteiger partial charge on any atom is -0.433 e. The quantitative estimate of drug-likeness (QED) is 0.852. The van der Waals surface area contributed by atoms with E-state index in [2.05, 4.69) is 5.32 Å². The molecule has 1 N–H and O–H groups in total. The third-order valence-electron chi connectivity index (χ3n) is 4.03. The van der Waals surface area contributed by atoms with E-state index in [1.807, 2.05) is 6.92 Å². The molecule has 1 fully saturated rings. The van der Waals surface area contributed by atoms with Crippen LogP contribution in [0.3, 0.4) is 0 Å². The van der Waals surface area contributed by atoms with Crippen LogP contribution in [0.1, 0.15) is 48.3 Å². The van der Waals surface area contributed by atoms with Crippen LogP contribution in [0.25, 0.3) is 0 Å². The number of esters is 1. The van der Waals surface area contributed by atoms with E-state index in [4.69, 9.17) is 4.74 Å². The molecule has 2 aliphatic rings. The lowest BCUT2D eigenvalue weighted by molar-refractivity contribution is -0.145. The second-order valence-electron chi connectivity index (χ2n) is 5.49. The molecular weight excluding hydrogens is 284 g/mol. The minimum atomic E-state index is -0.795. The predicted octanol–water partition coefficient (Wildman–Crippen LogP) is 1.37. The Labute approximate surface area is 128 Å². The van der Waals surface area contributed by atoms with Crippen LogP contribution in [0.2, 0.25) is 0 Å². The molecule has 2 aliphatic heterocycles. The number of fused-ring (bicyclic) bond motifs is 1. The number of nitrogens with one attached hydrogen (secondary N) is 1. The zero-order chi connectivity index (χ0) is 15.7. The van der Waals surface area contributed by atoms with Crippen molar-refractivity contribution in [1.29, 1.82) is 0 Å². The fourth-order valence-corrected chi connectivity index (χ4v) is 2.95. The molecule has 0 unspecified atom stereocenters. The highest BCUT2D eigenvalue weighted by Crippen LogP contribution is 2.38. The largest absolute Gasteiger partial charge is 0.433 e. The molecule has 116 valence electrons. The van der Waals surface area contributed by atoms with Crippen molar-refractivity contribution in [3.05, 3.63) is 35.4 Å². The molecule has 2 atom stereocenters. The summed E-state index contributed by atoms with van der Waals surface area (Å²) in [4.78, 5) is 37.8. The molecule has 1 aromatic rings. The SMILES string of the molecule is CCCNC(=O)[C@@H]1CCC(=O)N1[C@@H]1OC(=O)c2ccccc21. The summed E-state index contributed by atoms with van der Waals surface area (Å²) in [6.45, 7) is 2.53. The summed E-state index contributed by atoms with van der Waals surface area (Å²) in [5.41, 5.74) is 1.11. The van der Waals surface area contributed by atoms with Gasteiger partial charge in [0.05, 0.1) is 5.56 Å². The Balaban J connectivity index is 1.88. The van der Waals surface area contributed by atoms with Gasteiger partial charge in [-0.25, -0.2) is 4.79 Å². The van der Waals surface area contributed by atoms with E-state index in [1.165, 1.54) is 4.90 Å². The molecular formula is C16H18N2O4. The number of amides is 2. The number of hydrogen-bond acceptors (Lipinski definition) is 4. The monoisotopic (exact) mass is 302 g/mol. The van der Waals surface area contributed by atoms with Crippen molar-refractivity contribution in [2.75, 3.05) is 6.54 Å². The first-order chi connectivity index (χ1) is 10.6. The van der Waals surface area contributed by atoms with Gasteiger partial charge in [0.15, 0.2) is 0 Å². The van der Waals surface area contributed by atoms with Crippen molar-refractivity contribution in [3.63, 3.8) is 0 Å². The summed E-state index contributed by atoms with van der Waals surface area (Å²) in [6.07, 6.45) is 0.773. The molecule has 0 aliphatic carbocycles. The van der Waals surface area contributed by atoms with Gasteiger partial charge in [0.2, 0.25) is 18.0 Å². The first-order valence-corrected chi connectivity index (χ1v) is 7.52. The summed E-state index contributed by atoms with van der Waals surface area (Å²) >= 11 is 0. The molecule has 2 heterocycles. The molecule has 6 heteroatoms. The van der Waals surface area contributed by atoms with E-state index < -0.39 is 18.2 Å². The number of ether oxygens (including phenoxy) is 1. The van der Waals surface area contributed by atoms with Gasteiger partial charge in [-0.2, -0.15) is 0 Å². The van der Waals surface area contributed by atoms with Crippen molar-refractivity contribution in [2.24, 2.45) is 0 Å². The van der Waals surface area contributed by atoms with Crippen LogP contribution < -0.4 is 5.32 Å². The van der Waals surface area contributed by atoms with Crippen LogP contribution in [0, 0.1) is 0 Å². The highest BCUT2D eigenvalue weighted by atomic mass is 16.6. The lowest BCUT2D eigenvalue weighted by atomic mass is 10.1. The Morgan fingerprint density at radius 3 is 2.91 bits per heavy atom. The maximum atomic E-state index is 12.3. The van der Waals surface area contributed by atoms with Crippen LogP contribution in [0.5, 0.6) is 0 Å². The van der Waals surface area contributed by atoms with Crippen molar-refractivity contribution in [1.82, 2.24) is 10.2 Å². The minimum absolute atomic E-state index is 0.161. The van der Waals surface area contributed by atoms with Gasteiger partial charge in [0.25, 0.3) is 0 Å². The number of hydrogen-bond donors (Lipinski definition) is 1. The molecule has 3 rings (SSSR count). The second kappa shape index (κ2) is 5.79. The molecule has 0 saturated carbocycles. The van der Waals surface area contributed by atoms with Gasteiger partial charge < -0.3 is 10.1 Å². The Bertz CT molecular complexity index is 628. The topological polar surface area (TPSA) is 75.7 Å². The molecule has 1 aromatic carbocycles. The summed E-state index contributed by atoms with van der Waals surface area (Å²) in [5, 5.41) is 2.81. The van der Waals surface area contributed by atoms with Gasteiger partial charge in [0.1, 0.15) is 6.04 Å². The molecule has 0 spiro atoms. The van der Waals surface area contributed by atoms with E-state index in [9.17, 15) is 14.4 Å². The van der Waals surface area contributed by atoms with Gasteiger partial charge in [0, 0.05) is 18.5 Å². The molecule has 0 bridgehead atoms. The van der Waals surface area contributed by atoms with E-state index in [0.29, 0.717) is 30.5 Å². The fraction of sp³-hybridized carbons (Fsp3) is 0.438. The van der Waals surface area contributed by atoms with Crippen LogP contribution in [0.4, 0.5) is 0 Å². The lowest BCUT2D eigenvalue weighted by Crippen LogP contribution is -2.46. The highest BCUT2D eigenvalue weighted by Gasteiger charge is 2.46. The smallest absolute Gasteiger partial charge is 0.340 e. The van der Waals surface area contributed by atoms with Crippen molar-refractivity contribution in [2.45, 2.75) is 38.5 Å². The van der Waals surface area contributed by atoms with E-state index in [1.54, 1.807) is 24.3 Å². The fourth-order valence-electron chi connectivity index (χ4n) is 2.95. The van der Waals surface area contributed by atoms with Crippen molar-refractivity contribution < 1.29 is 19.1 Å². The maximum Gasteiger partial charge on any atom is 0.340 e. The van der Waals surface area contributed by atoms with Crippen molar-refractivity contribution >= 4 is 17.8 Å². The third kappa shape index (κ3) is 2.34. The molecule has 2 amide bonds. The maximum absolute atomic E-state index is 12.3. The first kappa shape index (κ1) is 14.6. The molecule has 1 saturated heterocycles. The van der Waals surface area contributed by atoms with E-state index >= 15 is 0 Å². The zero-order valence-corrected chi connectivity index (χ0v) is 12.4. The van der Waals surface area contributed by atoms with Gasteiger partial charge >= 0.3 is 5.97 Å². The van der Waals surface area contributed by atoms with E-state index in [-0.39, 0.29) is 11.8 Å². The predicted molar refractivity (Wildman–Crippen MR) is 77.8 cm³/mol. The van der Waals surface area contributed by atoms with Crippen LogP contribution in [-0.4, -0.2) is 35.3 Å². The van der Waals surface area contributed by atoms with E-state index in [0.717, 1.165) is 6.42 Å². The summed E-state index contributed by atoms with van der Waals surface area (Å²) < 4.78 is 5.36. The van der Waals surface area contributed by atoms with Gasteiger partial charge in [-0.1, -0.05) is 25.1 Å². The number of likely N-dealkylation sites (tertiary alicyclic amines) is 1. The molecule has 6 nitrogen and oxygen atoms in total. The number of nitrogens with zero attached hydrogens (tertiary/aromatic N) is 1. The number of carbonyl (C=O) groups excluding carboxylic acids is 3. The van der Waals surface area contributed by atoms with Crippen LogP contribution >= 0.6 is 0 Å².